The molecule has 0 atom stereocenters. The number of hydrogen-bond acceptors (Lipinski definition) is 4. The van der Waals surface area contributed by atoms with Crippen molar-refractivity contribution in [3.05, 3.63) is 65.1 Å². The molecule has 0 saturated heterocycles. The number of carboxylic acids is 1. The smallest absolute Gasteiger partial charge is 0.303 e. The van der Waals surface area contributed by atoms with Crippen molar-refractivity contribution in [1.29, 1.82) is 0 Å². The molecular weight excluding hydrogens is 449 g/mol. The van der Waals surface area contributed by atoms with Crippen LogP contribution in [0.3, 0.4) is 0 Å². The predicted octanol–water partition coefficient (Wildman–Crippen LogP) is 4.02. The number of carbonyl (C=O) groups excluding carboxylic acids is 1. The predicted molar refractivity (Wildman–Crippen MR) is 132 cm³/mol. The van der Waals surface area contributed by atoms with Crippen molar-refractivity contribution in [3.8, 4) is 5.75 Å². The van der Waals surface area contributed by atoms with Gasteiger partial charge >= 0.3 is 5.97 Å². The lowest BCUT2D eigenvalue weighted by molar-refractivity contribution is -0.137. The molecule has 1 aliphatic heterocycles. The number of nitrogens with zero attached hydrogens (tertiary/aromatic N) is 2. The molecule has 4 rings (SSSR count). The van der Waals surface area contributed by atoms with E-state index in [1.807, 2.05) is 40.9 Å². The SMILES string of the molecule is Cn1cc(CN2CC(=O)NCCCCCOc3ccc(CCC(=O)O)cc3C2)c2cc(F)ccc21. The van der Waals surface area contributed by atoms with Gasteiger partial charge in [0.15, 0.2) is 0 Å². The molecular formula is C27H32FN3O4. The van der Waals surface area contributed by atoms with Crippen LogP contribution in [-0.2, 0) is 36.1 Å². The summed E-state index contributed by atoms with van der Waals surface area (Å²) >= 11 is 0. The number of halogens is 1. The summed E-state index contributed by atoms with van der Waals surface area (Å²) < 4.78 is 22.1. The Morgan fingerprint density at radius 2 is 2.00 bits per heavy atom. The van der Waals surface area contributed by atoms with Crippen LogP contribution in [0.2, 0.25) is 0 Å². The number of fused-ring (bicyclic) bond motifs is 2. The molecule has 0 unspecified atom stereocenters. The van der Waals surface area contributed by atoms with E-state index in [9.17, 15) is 14.0 Å². The zero-order chi connectivity index (χ0) is 24.8. The van der Waals surface area contributed by atoms with Gasteiger partial charge in [-0.15, -0.1) is 0 Å². The normalized spacial score (nSPS) is 15.9. The van der Waals surface area contributed by atoms with Crippen LogP contribution in [0.15, 0.2) is 42.6 Å². The summed E-state index contributed by atoms with van der Waals surface area (Å²) in [5.41, 5.74) is 3.68. The molecule has 3 aromatic rings. The average Bonchev–Trinajstić information content (AvgIpc) is 3.12. The Labute approximate surface area is 204 Å². The average molecular weight is 482 g/mol. The summed E-state index contributed by atoms with van der Waals surface area (Å²) in [5, 5.41) is 12.9. The van der Waals surface area contributed by atoms with Gasteiger partial charge in [0, 0.05) is 55.8 Å². The third kappa shape index (κ3) is 6.60. The number of amides is 1. The number of carbonyl (C=O) groups is 2. The van der Waals surface area contributed by atoms with E-state index in [0.717, 1.165) is 52.6 Å². The Morgan fingerprint density at radius 1 is 1.14 bits per heavy atom. The van der Waals surface area contributed by atoms with Gasteiger partial charge in [-0.05, 0) is 61.1 Å². The third-order valence-corrected chi connectivity index (χ3v) is 6.34. The minimum atomic E-state index is -0.841. The highest BCUT2D eigenvalue weighted by Gasteiger charge is 2.18. The van der Waals surface area contributed by atoms with Gasteiger partial charge in [0.2, 0.25) is 5.91 Å². The first-order chi connectivity index (χ1) is 16.9. The van der Waals surface area contributed by atoms with E-state index in [2.05, 4.69) is 5.32 Å². The summed E-state index contributed by atoms with van der Waals surface area (Å²) in [6.07, 6.45) is 5.18. The van der Waals surface area contributed by atoms with E-state index in [1.165, 1.54) is 12.1 Å². The van der Waals surface area contributed by atoms with E-state index in [-0.39, 0.29) is 24.7 Å². The highest BCUT2D eigenvalue weighted by atomic mass is 19.1. The molecule has 0 radical (unpaired) electrons. The molecule has 2 aromatic carbocycles. The number of aryl methyl sites for hydroxylation is 2. The van der Waals surface area contributed by atoms with Crippen molar-refractivity contribution in [1.82, 2.24) is 14.8 Å². The van der Waals surface area contributed by atoms with Crippen molar-refractivity contribution < 1.29 is 23.8 Å². The van der Waals surface area contributed by atoms with E-state index < -0.39 is 5.97 Å². The van der Waals surface area contributed by atoms with Crippen molar-refractivity contribution >= 4 is 22.8 Å². The Kier molecular flexibility index (Phi) is 8.02. The maximum atomic E-state index is 14.0. The summed E-state index contributed by atoms with van der Waals surface area (Å²) in [5.74, 6) is -0.445. The van der Waals surface area contributed by atoms with Gasteiger partial charge in [0.05, 0.1) is 13.2 Å². The molecule has 0 saturated carbocycles. The molecule has 2 heterocycles. The highest BCUT2D eigenvalue weighted by molar-refractivity contribution is 5.84. The number of ether oxygens (including phenoxy) is 1. The topological polar surface area (TPSA) is 83.8 Å². The van der Waals surface area contributed by atoms with Gasteiger partial charge in [-0.1, -0.05) is 12.1 Å². The zero-order valence-corrected chi connectivity index (χ0v) is 20.1. The minimum absolute atomic E-state index is 0.0489. The number of aromatic nitrogens is 1. The van der Waals surface area contributed by atoms with Gasteiger partial charge < -0.3 is 19.7 Å². The Morgan fingerprint density at radius 3 is 2.83 bits per heavy atom. The largest absolute Gasteiger partial charge is 0.493 e. The van der Waals surface area contributed by atoms with Crippen LogP contribution in [0.25, 0.3) is 10.9 Å². The van der Waals surface area contributed by atoms with E-state index in [0.29, 0.717) is 32.7 Å². The highest BCUT2D eigenvalue weighted by Crippen LogP contribution is 2.27. The first kappa shape index (κ1) is 24.7. The Balaban J connectivity index is 1.66. The first-order valence-corrected chi connectivity index (χ1v) is 12.1. The summed E-state index contributed by atoms with van der Waals surface area (Å²) in [6, 6.07) is 10.5. The van der Waals surface area contributed by atoms with Crippen LogP contribution in [0.1, 0.15) is 42.4 Å². The van der Waals surface area contributed by atoms with Crippen molar-refractivity contribution in [2.24, 2.45) is 7.05 Å². The second kappa shape index (κ2) is 11.4. The number of carboxylic acid groups (broad SMARTS) is 1. The lowest BCUT2D eigenvalue weighted by Gasteiger charge is -2.23. The van der Waals surface area contributed by atoms with Crippen molar-refractivity contribution in [2.75, 3.05) is 19.7 Å². The fraction of sp³-hybridized carbons (Fsp3) is 0.407. The molecule has 0 spiro atoms. The van der Waals surface area contributed by atoms with Crippen LogP contribution in [0.5, 0.6) is 5.75 Å². The maximum absolute atomic E-state index is 14.0. The van der Waals surface area contributed by atoms with Gasteiger partial charge in [0.1, 0.15) is 11.6 Å². The van der Waals surface area contributed by atoms with Crippen LogP contribution in [0, 0.1) is 5.82 Å². The van der Waals surface area contributed by atoms with Gasteiger partial charge in [-0.2, -0.15) is 0 Å². The second-order valence-corrected chi connectivity index (χ2v) is 9.17. The monoisotopic (exact) mass is 481 g/mol. The maximum Gasteiger partial charge on any atom is 0.303 e. The first-order valence-electron chi connectivity index (χ1n) is 12.1. The molecule has 0 aliphatic carbocycles. The molecule has 1 aliphatic rings. The zero-order valence-electron chi connectivity index (χ0n) is 20.1. The molecule has 1 aromatic heterocycles. The molecule has 35 heavy (non-hydrogen) atoms. The lowest BCUT2D eigenvalue weighted by Crippen LogP contribution is -2.37. The lowest BCUT2D eigenvalue weighted by atomic mass is 10.0. The van der Waals surface area contributed by atoms with Crippen LogP contribution in [-0.4, -0.2) is 46.1 Å². The Hall–Kier alpha value is -3.39. The molecule has 7 nitrogen and oxygen atoms in total. The van der Waals surface area contributed by atoms with Gasteiger partial charge in [-0.25, -0.2) is 4.39 Å². The molecule has 8 heteroatoms. The number of hydrogen-bond donors (Lipinski definition) is 2. The quantitative estimate of drug-likeness (QED) is 0.575. The summed E-state index contributed by atoms with van der Waals surface area (Å²) in [7, 11) is 1.92. The molecule has 2 N–H and O–H groups in total. The molecule has 0 fully saturated rings. The number of aliphatic carboxylic acids is 1. The fourth-order valence-electron chi connectivity index (χ4n) is 4.60. The molecule has 0 bridgehead atoms. The standard InChI is InChI=1S/C27H32FN3O4/c1-30-15-21(23-14-22(28)7-8-24(23)30)17-31-16-20-13-19(6-10-27(33)34)5-9-25(20)35-12-4-2-3-11-29-26(32)18-31/h5,7-9,13-15H,2-4,6,10-12,16-18H2,1H3,(H,29,32)(H,33,34). The fourth-order valence-corrected chi connectivity index (χ4v) is 4.60. The van der Waals surface area contributed by atoms with Crippen LogP contribution in [0.4, 0.5) is 4.39 Å². The minimum Gasteiger partial charge on any atom is -0.493 e. The summed E-state index contributed by atoms with van der Waals surface area (Å²) in [4.78, 5) is 25.8. The Bertz CT molecular complexity index is 1210. The van der Waals surface area contributed by atoms with Crippen molar-refractivity contribution in [2.45, 2.75) is 45.2 Å². The van der Waals surface area contributed by atoms with Gasteiger partial charge in [-0.3, -0.25) is 14.5 Å². The number of rotatable bonds is 5. The molecule has 1 amide bonds. The van der Waals surface area contributed by atoms with E-state index in [1.54, 1.807) is 6.07 Å². The van der Waals surface area contributed by atoms with Crippen molar-refractivity contribution in [3.63, 3.8) is 0 Å². The van der Waals surface area contributed by atoms with Crippen LogP contribution >= 0.6 is 0 Å². The second-order valence-electron chi connectivity index (χ2n) is 9.17. The summed E-state index contributed by atoms with van der Waals surface area (Å²) in [6.45, 7) is 2.28. The van der Waals surface area contributed by atoms with Gasteiger partial charge in [0.25, 0.3) is 0 Å². The van der Waals surface area contributed by atoms with E-state index in [4.69, 9.17) is 9.84 Å². The van der Waals surface area contributed by atoms with E-state index >= 15 is 0 Å². The molecule has 186 valence electrons. The number of nitrogens with one attached hydrogen (secondary N) is 1. The number of benzene rings is 2. The third-order valence-electron chi connectivity index (χ3n) is 6.34. The van der Waals surface area contributed by atoms with Crippen LogP contribution < -0.4 is 10.1 Å².